The van der Waals surface area contributed by atoms with E-state index in [1.54, 1.807) is 26.5 Å². The lowest BCUT2D eigenvalue weighted by Gasteiger charge is -2.44. The second-order valence-electron chi connectivity index (χ2n) is 17.1. The van der Waals surface area contributed by atoms with E-state index in [1.165, 1.54) is 0 Å². The Kier molecular flexibility index (Phi) is 10.1. The largest absolute Gasteiger partial charge is 0.384 e. The van der Waals surface area contributed by atoms with Crippen molar-refractivity contribution in [1.82, 2.24) is 39.4 Å². The number of pyridine rings is 1. The number of imide groups is 1. The summed E-state index contributed by atoms with van der Waals surface area (Å²) in [6, 6.07) is 18.1. The normalized spacial score (nSPS) is 22.0. The van der Waals surface area contributed by atoms with E-state index in [1.807, 2.05) is 43.3 Å². The van der Waals surface area contributed by atoms with E-state index in [0.29, 0.717) is 65.9 Å². The molecule has 16 nitrogen and oxygen atoms in total. The molecule has 2 aromatic carbocycles. The molecule has 7 heterocycles. The minimum atomic E-state index is -0.997. The summed E-state index contributed by atoms with van der Waals surface area (Å²) in [5.74, 6) is 0.0425. The van der Waals surface area contributed by atoms with E-state index in [4.69, 9.17) is 9.97 Å². The highest BCUT2D eigenvalue weighted by molar-refractivity contribution is 6.05. The molecule has 2 atom stereocenters. The van der Waals surface area contributed by atoms with Gasteiger partial charge in [0.15, 0.2) is 11.5 Å². The summed E-state index contributed by atoms with van der Waals surface area (Å²) in [6.45, 7) is 12.2. The molecule has 10 rings (SSSR count). The van der Waals surface area contributed by atoms with E-state index in [2.05, 4.69) is 55.1 Å². The number of carbonyl (C=O) groups excluding carboxylic acids is 3. The maximum Gasteiger partial charge on any atom is 0.278 e. The van der Waals surface area contributed by atoms with Gasteiger partial charge < -0.3 is 25.1 Å². The van der Waals surface area contributed by atoms with Crippen LogP contribution in [0.5, 0.6) is 0 Å². The van der Waals surface area contributed by atoms with Crippen molar-refractivity contribution in [3.8, 4) is 5.82 Å². The predicted molar refractivity (Wildman–Crippen MR) is 235 cm³/mol. The number of piperazine rings is 1. The third-order valence-electron chi connectivity index (χ3n) is 13.6. The zero-order chi connectivity index (χ0) is 42.7. The number of rotatable bonds is 10. The van der Waals surface area contributed by atoms with Gasteiger partial charge in [-0.3, -0.25) is 29.4 Å². The Morgan fingerprint density at radius 1 is 0.887 bits per heavy atom. The van der Waals surface area contributed by atoms with E-state index < -0.39 is 11.6 Å². The summed E-state index contributed by atoms with van der Waals surface area (Å²) in [4.78, 5) is 74.2. The van der Waals surface area contributed by atoms with E-state index in [9.17, 15) is 24.3 Å². The molecule has 0 saturated carbocycles. The molecule has 3 aromatic heterocycles. The van der Waals surface area contributed by atoms with Crippen LogP contribution in [0.2, 0.25) is 0 Å². The van der Waals surface area contributed by atoms with E-state index in [-0.39, 0.29) is 36.2 Å². The van der Waals surface area contributed by atoms with Crippen molar-refractivity contribution in [2.45, 2.75) is 82.6 Å². The van der Waals surface area contributed by atoms with Gasteiger partial charge in [0.1, 0.15) is 17.0 Å². The van der Waals surface area contributed by atoms with Crippen LogP contribution in [0.4, 0.5) is 23.0 Å². The SMILES string of the molecule is C=CCn1c(=O)c2cnc(Nc3ccc(N4CCN(C5CCN(c6ccc7c(c6)CN(C6CCC(=O)NC6=O)C7=O)CC5)CC4)cc3)nc2n1-c1ccc2c(n1)[C@@](O)(CC)CC2. The molecule has 0 radical (unpaired) electrons. The lowest BCUT2D eigenvalue weighted by Crippen LogP contribution is -2.53. The number of benzene rings is 2. The maximum absolute atomic E-state index is 13.5. The molecule has 0 bridgehead atoms. The average molecular weight is 838 g/mol. The van der Waals surface area contributed by atoms with Crippen LogP contribution >= 0.6 is 0 Å². The molecule has 4 aliphatic heterocycles. The molecule has 1 unspecified atom stereocenters. The molecule has 3 saturated heterocycles. The predicted octanol–water partition coefficient (Wildman–Crippen LogP) is 4.00. The molecule has 3 N–H and O–H groups in total. The number of nitrogens with one attached hydrogen (secondary N) is 2. The Hall–Kier alpha value is -6.39. The van der Waals surface area contributed by atoms with Crippen LogP contribution in [-0.2, 0) is 34.7 Å². The summed E-state index contributed by atoms with van der Waals surface area (Å²) in [7, 11) is 0. The average Bonchev–Trinajstić information content (AvgIpc) is 3.91. The zero-order valence-electron chi connectivity index (χ0n) is 34.9. The summed E-state index contributed by atoms with van der Waals surface area (Å²) in [5, 5.41) is 17.4. The molecule has 5 aliphatic rings. The van der Waals surface area contributed by atoms with Crippen LogP contribution in [0.15, 0.2) is 78.2 Å². The van der Waals surface area contributed by atoms with Crippen LogP contribution in [0.1, 0.15) is 72.6 Å². The number of nitrogens with zero attached hydrogens (tertiary/aromatic N) is 9. The topological polar surface area (TPSA) is 174 Å². The molecule has 62 heavy (non-hydrogen) atoms. The summed E-state index contributed by atoms with van der Waals surface area (Å²) in [6.07, 6.45) is 7.87. The number of allylic oxidation sites excluding steroid dienone is 1. The van der Waals surface area contributed by atoms with Crippen molar-refractivity contribution in [2.75, 3.05) is 54.4 Å². The van der Waals surface area contributed by atoms with Gasteiger partial charge in [-0.2, -0.15) is 4.98 Å². The number of aliphatic hydroxyl groups is 1. The van der Waals surface area contributed by atoms with Crippen LogP contribution in [-0.4, -0.2) is 108 Å². The first-order chi connectivity index (χ1) is 30.1. The molecular weight excluding hydrogens is 787 g/mol. The molecule has 16 heteroatoms. The lowest BCUT2D eigenvalue weighted by atomic mass is 9.98. The molecule has 1 aliphatic carbocycles. The van der Waals surface area contributed by atoms with Crippen molar-refractivity contribution < 1.29 is 19.5 Å². The van der Waals surface area contributed by atoms with Gasteiger partial charge in [0, 0.05) is 87.1 Å². The fourth-order valence-electron chi connectivity index (χ4n) is 10.1. The van der Waals surface area contributed by atoms with E-state index >= 15 is 0 Å². The number of amides is 3. The number of anilines is 4. The Bertz CT molecular complexity index is 2660. The Morgan fingerprint density at radius 2 is 1.65 bits per heavy atom. The first-order valence-corrected chi connectivity index (χ1v) is 21.8. The number of aryl methyl sites for hydroxylation is 1. The third-order valence-corrected chi connectivity index (χ3v) is 13.6. The van der Waals surface area contributed by atoms with Gasteiger partial charge >= 0.3 is 0 Å². The van der Waals surface area contributed by atoms with Gasteiger partial charge in [0.25, 0.3) is 11.5 Å². The van der Waals surface area contributed by atoms with Crippen LogP contribution in [0.3, 0.4) is 0 Å². The Labute approximate surface area is 358 Å². The fraction of sp³-hybridized carbons (Fsp3) is 0.413. The molecule has 3 amide bonds. The molecule has 320 valence electrons. The minimum Gasteiger partial charge on any atom is -0.384 e. The summed E-state index contributed by atoms with van der Waals surface area (Å²) < 4.78 is 3.25. The quantitative estimate of drug-likeness (QED) is 0.137. The highest BCUT2D eigenvalue weighted by atomic mass is 16.3. The number of hydrogen-bond donors (Lipinski definition) is 3. The Balaban J connectivity index is 0.754. The van der Waals surface area contributed by atoms with Gasteiger partial charge in [-0.1, -0.05) is 19.1 Å². The van der Waals surface area contributed by atoms with E-state index in [0.717, 1.165) is 86.7 Å². The molecular formula is C46H51N11O5. The summed E-state index contributed by atoms with van der Waals surface area (Å²) in [5.41, 5.74) is 5.51. The highest BCUT2D eigenvalue weighted by Crippen LogP contribution is 2.39. The van der Waals surface area contributed by atoms with Crippen LogP contribution in [0.25, 0.3) is 16.9 Å². The summed E-state index contributed by atoms with van der Waals surface area (Å²) >= 11 is 0. The van der Waals surface area contributed by atoms with Gasteiger partial charge in [0.05, 0.1) is 12.2 Å². The second kappa shape index (κ2) is 15.8. The van der Waals surface area contributed by atoms with Crippen molar-refractivity contribution in [3.05, 3.63) is 106 Å². The van der Waals surface area contributed by atoms with Crippen molar-refractivity contribution >= 4 is 51.8 Å². The number of piperidine rings is 2. The lowest BCUT2D eigenvalue weighted by molar-refractivity contribution is -0.136. The molecule has 5 aromatic rings. The monoisotopic (exact) mass is 837 g/mol. The van der Waals surface area contributed by atoms with Crippen LogP contribution < -0.4 is 26.0 Å². The number of aromatic nitrogens is 5. The number of hydrogen-bond acceptors (Lipinski definition) is 12. The maximum atomic E-state index is 13.5. The second-order valence-corrected chi connectivity index (χ2v) is 17.1. The highest BCUT2D eigenvalue weighted by Gasteiger charge is 2.40. The van der Waals surface area contributed by atoms with Crippen molar-refractivity contribution in [1.29, 1.82) is 0 Å². The zero-order valence-corrected chi connectivity index (χ0v) is 34.9. The first-order valence-electron chi connectivity index (χ1n) is 21.8. The van der Waals surface area contributed by atoms with Crippen LogP contribution in [0, 0.1) is 0 Å². The number of carbonyl (C=O) groups is 3. The third kappa shape index (κ3) is 7.00. The van der Waals surface area contributed by atoms with Gasteiger partial charge in [-0.25, -0.2) is 19.3 Å². The molecule has 0 spiro atoms. The smallest absolute Gasteiger partial charge is 0.278 e. The fourth-order valence-corrected chi connectivity index (χ4v) is 10.1. The van der Waals surface area contributed by atoms with Crippen molar-refractivity contribution in [2.24, 2.45) is 0 Å². The van der Waals surface area contributed by atoms with Gasteiger partial charge in [-0.05, 0) is 98.2 Å². The minimum absolute atomic E-state index is 0.142. The Morgan fingerprint density at radius 3 is 2.39 bits per heavy atom. The first kappa shape index (κ1) is 39.7. The molecule has 3 fully saturated rings. The van der Waals surface area contributed by atoms with Gasteiger partial charge in [0.2, 0.25) is 17.8 Å². The van der Waals surface area contributed by atoms with Crippen molar-refractivity contribution in [3.63, 3.8) is 0 Å². The number of fused-ring (bicyclic) bond motifs is 3. The van der Waals surface area contributed by atoms with Gasteiger partial charge in [-0.15, -0.1) is 6.58 Å². The standard InChI is InChI=1S/C46H51N11O5/c1-3-19-56-44(61)36-27-47-45(51-41(36)57(56)38-13-5-29-15-18-46(62,4-2)40(29)49-38)48-31-6-8-32(9-7-31)53-22-24-54(25-23-53)33-16-20-52(21-17-33)34-10-11-35-30(26-34)28-55(43(35)60)37-12-14-39(58)50-42(37)59/h3,5-11,13,26-27,33,37,62H,1,4,12,14-25,28H2,2H3,(H,47,48,51)(H,50,58,59)/t37?,46-/m1/s1.